The fourth-order valence-corrected chi connectivity index (χ4v) is 8.73. The molecule has 4 aromatic heterocycles. The first-order chi connectivity index (χ1) is 28.7. The van der Waals surface area contributed by atoms with Crippen molar-refractivity contribution in [1.29, 1.82) is 0 Å². The Morgan fingerprint density at radius 1 is 0.362 bits per heavy atom. The molecular formula is C51H30FN5O. The first-order valence-electron chi connectivity index (χ1n) is 19.2. The molecule has 0 saturated heterocycles. The minimum absolute atomic E-state index is 0.190. The number of para-hydroxylation sites is 5. The van der Waals surface area contributed by atoms with Gasteiger partial charge >= 0.3 is 0 Å². The smallest absolute Gasteiger partial charge is 0.171 e. The van der Waals surface area contributed by atoms with Gasteiger partial charge in [0.05, 0.1) is 27.8 Å². The minimum Gasteiger partial charge on any atom is -0.451 e. The van der Waals surface area contributed by atoms with Gasteiger partial charge in [0.15, 0.2) is 34.5 Å². The number of rotatable bonds is 5. The van der Waals surface area contributed by atoms with E-state index in [4.69, 9.17) is 19.4 Å². The van der Waals surface area contributed by atoms with E-state index in [9.17, 15) is 0 Å². The molecule has 0 unspecified atom stereocenters. The van der Waals surface area contributed by atoms with Gasteiger partial charge in [0.25, 0.3) is 0 Å². The summed E-state index contributed by atoms with van der Waals surface area (Å²) in [7, 11) is 0. The zero-order chi connectivity index (χ0) is 38.3. The van der Waals surface area contributed by atoms with Crippen LogP contribution in [0, 0.1) is 5.82 Å². The molecule has 0 atom stereocenters. The van der Waals surface area contributed by atoms with Gasteiger partial charge in [-0.05, 0) is 36.4 Å². The lowest BCUT2D eigenvalue weighted by Crippen LogP contribution is -2.08. The molecule has 0 spiro atoms. The predicted molar refractivity (Wildman–Crippen MR) is 232 cm³/mol. The van der Waals surface area contributed by atoms with E-state index in [1.165, 1.54) is 6.07 Å². The quantitative estimate of drug-likeness (QED) is 0.176. The van der Waals surface area contributed by atoms with Crippen LogP contribution in [0.4, 0.5) is 4.39 Å². The number of halogens is 1. The monoisotopic (exact) mass is 747 g/mol. The van der Waals surface area contributed by atoms with Crippen LogP contribution < -0.4 is 0 Å². The summed E-state index contributed by atoms with van der Waals surface area (Å²) in [4.78, 5) is 15.7. The normalized spacial score (nSPS) is 11.9. The Balaban J connectivity index is 1.35. The van der Waals surface area contributed by atoms with E-state index in [1.807, 2.05) is 66.7 Å². The van der Waals surface area contributed by atoms with Crippen LogP contribution in [0.25, 0.3) is 111 Å². The average molecular weight is 748 g/mol. The Morgan fingerprint density at radius 2 is 0.776 bits per heavy atom. The molecule has 0 amide bonds. The van der Waals surface area contributed by atoms with Crippen LogP contribution in [0.2, 0.25) is 0 Å². The molecule has 6 nitrogen and oxygen atoms in total. The molecule has 0 saturated carbocycles. The number of benzene rings is 8. The summed E-state index contributed by atoms with van der Waals surface area (Å²) in [6, 6.07) is 60.9. The summed E-state index contributed by atoms with van der Waals surface area (Å²) in [6.45, 7) is 0. The fourth-order valence-electron chi connectivity index (χ4n) is 8.73. The molecule has 0 N–H and O–H groups in total. The van der Waals surface area contributed by atoms with Crippen LogP contribution in [0.1, 0.15) is 0 Å². The van der Waals surface area contributed by atoms with Gasteiger partial charge in [0.2, 0.25) is 0 Å². The number of aromatic nitrogens is 5. The SMILES string of the molecule is Fc1cccc2c1oc1c(-n3c4ccccc4c4ccccc43)c(-n3c4ccccc4c4ccccc43)c(-c3nc(-c4ccccc4)nc(-c4ccccc4)n3)cc12. The zero-order valence-corrected chi connectivity index (χ0v) is 30.8. The van der Waals surface area contributed by atoms with Gasteiger partial charge < -0.3 is 13.6 Å². The van der Waals surface area contributed by atoms with Gasteiger partial charge in [0.1, 0.15) is 5.69 Å². The second kappa shape index (κ2) is 12.6. The molecule has 12 rings (SSSR count). The Labute approximate surface area is 330 Å². The van der Waals surface area contributed by atoms with E-state index in [1.54, 1.807) is 6.07 Å². The highest BCUT2D eigenvalue weighted by molar-refractivity contribution is 6.17. The van der Waals surface area contributed by atoms with Crippen LogP contribution in [0.3, 0.4) is 0 Å². The molecule has 7 heteroatoms. The largest absolute Gasteiger partial charge is 0.451 e. The second-order valence-corrected chi connectivity index (χ2v) is 14.5. The van der Waals surface area contributed by atoms with E-state index in [2.05, 4.69) is 112 Å². The lowest BCUT2D eigenvalue weighted by Gasteiger charge is -2.21. The van der Waals surface area contributed by atoms with Crippen LogP contribution in [-0.4, -0.2) is 24.1 Å². The molecule has 0 radical (unpaired) electrons. The van der Waals surface area contributed by atoms with Crippen LogP contribution >= 0.6 is 0 Å². The molecule has 4 heterocycles. The maximum atomic E-state index is 16.0. The first-order valence-corrected chi connectivity index (χ1v) is 19.2. The summed E-state index contributed by atoms with van der Waals surface area (Å²) in [5.74, 6) is 1.12. The maximum absolute atomic E-state index is 16.0. The molecule has 0 bridgehead atoms. The van der Waals surface area contributed by atoms with Crippen LogP contribution in [-0.2, 0) is 0 Å². The molecule has 0 aliphatic heterocycles. The summed E-state index contributed by atoms with van der Waals surface area (Å²) in [5, 5.41) is 5.77. The molecule has 8 aromatic carbocycles. The summed E-state index contributed by atoms with van der Waals surface area (Å²) >= 11 is 0. The van der Waals surface area contributed by atoms with Gasteiger partial charge in [-0.15, -0.1) is 0 Å². The van der Waals surface area contributed by atoms with Crippen molar-refractivity contribution < 1.29 is 8.81 Å². The summed E-state index contributed by atoms with van der Waals surface area (Å²) < 4.78 is 27.3. The number of nitrogens with zero attached hydrogens (tertiary/aromatic N) is 5. The van der Waals surface area contributed by atoms with E-state index in [0.29, 0.717) is 28.4 Å². The first kappa shape index (κ1) is 32.4. The standard InChI is InChI=1S/C51H30FN5O/c52-40-25-15-24-37-38-30-39(51-54-49(31-16-3-1-4-17-31)53-50(55-51)32-18-5-2-6-19-32)45(56-41-26-11-7-20-33(41)34-21-8-12-27-42(34)56)46(48(38)58-47(37)40)57-43-28-13-9-22-35(43)36-23-10-14-29-44(36)57/h1-30H. The molecule has 0 aliphatic carbocycles. The van der Waals surface area contributed by atoms with Crippen molar-refractivity contribution in [2.75, 3.05) is 0 Å². The van der Waals surface area contributed by atoms with Crippen molar-refractivity contribution in [2.45, 2.75) is 0 Å². The predicted octanol–water partition coefficient (Wildman–Crippen LogP) is 13.1. The zero-order valence-electron chi connectivity index (χ0n) is 30.8. The maximum Gasteiger partial charge on any atom is 0.171 e. The lowest BCUT2D eigenvalue weighted by atomic mass is 10.0. The number of furan rings is 1. The van der Waals surface area contributed by atoms with E-state index in [0.717, 1.165) is 77.1 Å². The van der Waals surface area contributed by atoms with Crippen molar-refractivity contribution in [3.8, 4) is 45.5 Å². The molecule has 0 fully saturated rings. The number of fused-ring (bicyclic) bond motifs is 9. The Kier molecular flexibility index (Phi) is 7.01. The van der Waals surface area contributed by atoms with Crippen molar-refractivity contribution in [1.82, 2.24) is 24.1 Å². The van der Waals surface area contributed by atoms with Gasteiger partial charge in [0, 0.05) is 49.0 Å². The number of hydrogen-bond acceptors (Lipinski definition) is 4. The van der Waals surface area contributed by atoms with E-state index < -0.39 is 5.82 Å². The van der Waals surface area contributed by atoms with Crippen molar-refractivity contribution in [3.05, 3.63) is 188 Å². The van der Waals surface area contributed by atoms with Gasteiger partial charge in [-0.25, -0.2) is 19.3 Å². The van der Waals surface area contributed by atoms with Crippen LogP contribution in [0.15, 0.2) is 186 Å². The summed E-state index contributed by atoms with van der Waals surface area (Å²) in [6.07, 6.45) is 0. The van der Waals surface area contributed by atoms with Crippen molar-refractivity contribution >= 4 is 65.6 Å². The van der Waals surface area contributed by atoms with E-state index >= 15 is 4.39 Å². The Hall–Kier alpha value is -7.90. The third-order valence-electron chi connectivity index (χ3n) is 11.2. The molecule has 12 aromatic rings. The van der Waals surface area contributed by atoms with Gasteiger partial charge in [-0.1, -0.05) is 146 Å². The van der Waals surface area contributed by atoms with E-state index in [-0.39, 0.29) is 5.58 Å². The second-order valence-electron chi connectivity index (χ2n) is 14.5. The third kappa shape index (κ3) is 4.74. The third-order valence-corrected chi connectivity index (χ3v) is 11.2. The topological polar surface area (TPSA) is 61.7 Å². The van der Waals surface area contributed by atoms with Gasteiger partial charge in [-0.3, -0.25) is 0 Å². The molecule has 0 aliphatic rings. The number of hydrogen-bond donors (Lipinski definition) is 0. The van der Waals surface area contributed by atoms with Gasteiger partial charge in [-0.2, -0.15) is 0 Å². The highest BCUT2D eigenvalue weighted by Gasteiger charge is 2.29. The molecule has 58 heavy (non-hydrogen) atoms. The molecule has 272 valence electrons. The average Bonchev–Trinajstić information content (AvgIpc) is 3.95. The fraction of sp³-hybridized carbons (Fsp3) is 0. The summed E-state index contributed by atoms with van der Waals surface area (Å²) in [5.41, 5.74) is 8.69. The molecular weight excluding hydrogens is 718 g/mol. The highest BCUT2D eigenvalue weighted by atomic mass is 19.1. The van der Waals surface area contributed by atoms with Crippen molar-refractivity contribution in [3.63, 3.8) is 0 Å². The highest BCUT2D eigenvalue weighted by Crippen LogP contribution is 2.47. The Morgan fingerprint density at radius 3 is 1.28 bits per heavy atom. The van der Waals surface area contributed by atoms with Crippen LogP contribution in [0.5, 0.6) is 0 Å². The lowest BCUT2D eigenvalue weighted by molar-refractivity contribution is 0.583. The van der Waals surface area contributed by atoms with Crippen molar-refractivity contribution in [2.24, 2.45) is 0 Å². The Bertz CT molecular complexity index is 3420. The minimum atomic E-state index is -0.431.